The average molecular weight is 274 g/mol. The molecule has 0 unspecified atom stereocenters. The summed E-state index contributed by atoms with van der Waals surface area (Å²) in [6.45, 7) is 5.83. The molecule has 0 saturated carbocycles. The Morgan fingerprint density at radius 2 is 1.56 bits per heavy atom. The van der Waals surface area contributed by atoms with E-state index in [0.29, 0.717) is 0 Å². The van der Waals surface area contributed by atoms with Crippen LogP contribution in [0.25, 0.3) is 0 Å². The van der Waals surface area contributed by atoms with Crippen LogP contribution in [0.5, 0.6) is 0 Å². The minimum Gasteiger partial charge on any atom is -0.199 e. The van der Waals surface area contributed by atoms with Crippen molar-refractivity contribution in [2.45, 2.75) is 6.92 Å². The Kier molecular flexibility index (Phi) is 4.34. The molecule has 0 heterocycles. The van der Waals surface area contributed by atoms with E-state index in [9.17, 15) is 0 Å². The van der Waals surface area contributed by atoms with E-state index in [-0.39, 0.29) is 36.9 Å². The molecule has 1 aromatic rings. The van der Waals surface area contributed by atoms with E-state index >= 15 is 0 Å². The minimum atomic E-state index is 0. The first-order valence-electron chi connectivity index (χ1n) is 2.67. The normalized spacial score (nSPS) is 8.11. The third kappa shape index (κ3) is 3.12. The molecule has 0 bridgehead atoms. The molecule has 0 saturated heterocycles. The third-order valence-corrected chi connectivity index (χ3v) is 1.12. The largest absolute Gasteiger partial charge is 0.199 e. The van der Waals surface area contributed by atoms with Crippen LogP contribution in [0.4, 0.5) is 0 Å². The SMILES string of the molecule is [CH2-]c1ccc(C)cc1.[Tm]. The fourth-order valence-corrected chi connectivity index (χ4v) is 0.588. The first-order chi connectivity index (χ1) is 3.79. The van der Waals surface area contributed by atoms with Gasteiger partial charge in [-0.3, -0.25) is 0 Å². The molecule has 0 fully saturated rings. The van der Waals surface area contributed by atoms with Gasteiger partial charge in [-0.15, -0.1) is 12.1 Å². The second-order valence-electron chi connectivity index (χ2n) is 1.99. The molecule has 1 heteroatoms. The van der Waals surface area contributed by atoms with Crippen LogP contribution in [-0.4, -0.2) is 0 Å². The summed E-state index contributed by atoms with van der Waals surface area (Å²) >= 11 is 0. The standard InChI is InChI=1S/C8H9.Tm/c1-7-3-5-8(2)6-4-7;/h3-6H,1H2,2H3;/q-1;. The smallest absolute Gasteiger partial charge is 0 e. The van der Waals surface area contributed by atoms with Crippen molar-refractivity contribution in [3.8, 4) is 0 Å². The van der Waals surface area contributed by atoms with Crippen molar-refractivity contribution in [2.24, 2.45) is 0 Å². The van der Waals surface area contributed by atoms with Gasteiger partial charge in [0, 0.05) is 36.9 Å². The summed E-state index contributed by atoms with van der Waals surface area (Å²) in [6, 6.07) is 8.13. The zero-order chi connectivity index (χ0) is 5.98. The maximum atomic E-state index is 3.76. The third-order valence-electron chi connectivity index (χ3n) is 1.12. The number of benzene rings is 1. The van der Waals surface area contributed by atoms with Gasteiger partial charge in [0.2, 0.25) is 0 Å². The number of hydrogen-bond donors (Lipinski definition) is 0. The van der Waals surface area contributed by atoms with Crippen molar-refractivity contribution in [2.75, 3.05) is 0 Å². The summed E-state index contributed by atoms with van der Waals surface area (Å²) < 4.78 is 0. The Bertz CT molecular complexity index is 143. The first kappa shape index (κ1) is 9.32. The molecular formula is C8H9Tm-. The van der Waals surface area contributed by atoms with Crippen LogP contribution in [0.15, 0.2) is 24.3 Å². The maximum absolute atomic E-state index is 3.76. The number of aryl methyl sites for hydroxylation is 1. The van der Waals surface area contributed by atoms with E-state index in [4.69, 9.17) is 0 Å². The van der Waals surface area contributed by atoms with Crippen molar-refractivity contribution in [1.29, 1.82) is 0 Å². The van der Waals surface area contributed by atoms with E-state index in [0.717, 1.165) is 5.56 Å². The fourth-order valence-electron chi connectivity index (χ4n) is 0.588. The second-order valence-corrected chi connectivity index (χ2v) is 1.99. The van der Waals surface area contributed by atoms with Crippen LogP contribution < -0.4 is 0 Å². The van der Waals surface area contributed by atoms with Gasteiger partial charge in [0.1, 0.15) is 0 Å². The molecule has 1 rings (SSSR count). The molecule has 0 nitrogen and oxygen atoms in total. The molecule has 0 aliphatic heterocycles. The Labute approximate surface area is 85.5 Å². The van der Waals surface area contributed by atoms with Crippen molar-refractivity contribution >= 4 is 0 Å². The van der Waals surface area contributed by atoms with Gasteiger partial charge in [-0.2, -0.15) is 24.6 Å². The summed E-state index contributed by atoms with van der Waals surface area (Å²) in [7, 11) is 0. The average Bonchev–Trinajstić information content (AvgIpc) is 1.77. The Morgan fingerprint density at radius 3 is 1.89 bits per heavy atom. The minimum absolute atomic E-state index is 0. The molecular weight excluding hydrogens is 265 g/mol. The number of hydrogen-bond acceptors (Lipinski definition) is 0. The van der Waals surface area contributed by atoms with Gasteiger partial charge in [0.05, 0.1) is 0 Å². The van der Waals surface area contributed by atoms with Gasteiger partial charge in [0.15, 0.2) is 0 Å². The van der Waals surface area contributed by atoms with E-state index in [1.807, 2.05) is 12.1 Å². The van der Waals surface area contributed by atoms with E-state index in [1.54, 1.807) is 0 Å². The summed E-state index contributed by atoms with van der Waals surface area (Å²) in [5.41, 5.74) is 2.37. The van der Waals surface area contributed by atoms with Crippen LogP contribution in [0.2, 0.25) is 0 Å². The molecule has 1 radical (unpaired) electrons. The molecule has 55 valence electrons. The summed E-state index contributed by atoms with van der Waals surface area (Å²) in [5, 5.41) is 0. The molecule has 0 N–H and O–H groups in total. The predicted octanol–water partition coefficient (Wildman–Crippen LogP) is 2.18. The van der Waals surface area contributed by atoms with Crippen molar-refractivity contribution in [3.05, 3.63) is 42.3 Å². The molecule has 9 heavy (non-hydrogen) atoms. The van der Waals surface area contributed by atoms with Gasteiger partial charge in [-0.05, 0) is 6.92 Å². The molecule has 0 atom stereocenters. The molecule has 0 aromatic heterocycles. The molecule has 1 aromatic carbocycles. The Hall–Kier alpha value is 0.324. The van der Waals surface area contributed by atoms with Crippen molar-refractivity contribution in [3.63, 3.8) is 0 Å². The van der Waals surface area contributed by atoms with Crippen LogP contribution in [0, 0.1) is 50.7 Å². The van der Waals surface area contributed by atoms with E-state index in [1.165, 1.54) is 5.56 Å². The fraction of sp³-hybridized carbons (Fsp3) is 0.125. The predicted molar refractivity (Wildman–Crippen MR) is 35.6 cm³/mol. The van der Waals surface area contributed by atoms with Crippen LogP contribution in [0.1, 0.15) is 11.1 Å². The maximum Gasteiger partial charge on any atom is 0 e. The van der Waals surface area contributed by atoms with Crippen molar-refractivity contribution in [1.82, 2.24) is 0 Å². The zero-order valence-electron chi connectivity index (χ0n) is 5.29. The molecule has 0 aliphatic carbocycles. The summed E-state index contributed by atoms with van der Waals surface area (Å²) in [5.74, 6) is 0. The second kappa shape index (κ2) is 4.19. The molecule has 0 amide bonds. The summed E-state index contributed by atoms with van der Waals surface area (Å²) in [4.78, 5) is 0. The monoisotopic (exact) mass is 274 g/mol. The quantitative estimate of drug-likeness (QED) is 0.636. The molecule has 0 aliphatic rings. The topological polar surface area (TPSA) is 0 Å². The molecule has 0 spiro atoms. The van der Waals surface area contributed by atoms with Crippen molar-refractivity contribution < 1.29 is 36.9 Å². The van der Waals surface area contributed by atoms with Crippen LogP contribution in [-0.2, 0) is 0 Å². The number of rotatable bonds is 0. The van der Waals surface area contributed by atoms with Gasteiger partial charge in [-0.25, -0.2) is 0 Å². The van der Waals surface area contributed by atoms with E-state index in [2.05, 4.69) is 26.0 Å². The van der Waals surface area contributed by atoms with E-state index < -0.39 is 0 Å². The Morgan fingerprint density at radius 1 is 1.11 bits per heavy atom. The zero-order valence-corrected chi connectivity index (χ0v) is 7.07. The van der Waals surface area contributed by atoms with Gasteiger partial charge >= 0.3 is 0 Å². The van der Waals surface area contributed by atoms with Gasteiger partial charge in [0.25, 0.3) is 0 Å². The van der Waals surface area contributed by atoms with Crippen LogP contribution in [0.3, 0.4) is 0 Å². The van der Waals surface area contributed by atoms with Gasteiger partial charge in [-0.1, -0.05) is 5.56 Å². The Balaban J connectivity index is 0.000000640. The van der Waals surface area contributed by atoms with Gasteiger partial charge < -0.3 is 0 Å². The van der Waals surface area contributed by atoms with Crippen LogP contribution >= 0.6 is 0 Å². The first-order valence-corrected chi connectivity index (χ1v) is 2.67. The summed E-state index contributed by atoms with van der Waals surface area (Å²) in [6.07, 6.45) is 0.